The van der Waals surface area contributed by atoms with Crippen LogP contribution in [0.25, 0.3) is 43.9 Å². The Hall–Kier alpha value is -2.15. The highest BCUT2D eigenvalue weighted by Gasteiger charge is 2.18. The number of benzene rings is 2. The van der Waals surface area contributed by atoms with E-state index < -0.39 is 0 Å². The molecule has 2 aromatic carbocycles. The monoisotopic (exact) mass is 398 g/mol. The number of nitrogens with zero attached hydrogens (tertiary/aromatic N) is 4. The van der Waals surface area contributed by atoms with Crippen LogP contribution in [-0.4, -0.2) is 17.5 Å². The third-order valence-electron chi connectivity index (χ3n) is 4.35. The SMILES string of the molecule is Cn1c2ccccc2c2nnc3c4ccccc4n(I)c3c21. The van der Waals surface area contributed by atoms with Crippen LogP contribution >= 0.6 is 22.9 Å². The maximum absolute atomic E-state index is 4.53. The van der Waals surface area contributed by atoms with Gasteiger partial charge >= 0.3 is 0 Å². The second-order valence-electron chi connectivity index (χ2n) is 5.47. The predicted octanol–water partition coefficient (Wildman–Crippen LogP) is 4.43. The van der Waals surface area contributed by atoms with Gasteiger partial charge in [-0.1, -0.05) is 36.4 Å². The summed E-state index contributed by atoms with van der Waals surface area (Å²) in [5.41, 5.74) is 6.54. The summed E-state index contributed by atoms with van der Waals surface area (Å²) in [6.45, 7) is 0. The number of halogens is 1. The maximum Gasteiger partial charge on any atom is 0.122 e. The zero-order valence-electron chi connectivity index (χ0n) is 11.8. The molecule has 5 aromatic rings. The smallest absolute Gasteiger partial charge is 0.122 e. The van der Waals surface area contributed by atoms with Crippen LogP contribution in [-0.2, 0) is 7.05 Å². The second-order valence-corrected chi connectivity index (χ2v) is 6.43. The standard InChI is InChI=1S/C17H11IN4/c1-21-12-8-4-2-6-10(12)14-16(21)17-15(20-19-14)11-7-3-5-9-13(11)22(17)18/h2-9H,1H3. The molecule has 5 heteroatoms. The Kier molecular flexibility index (Phi) is 2.36. The van der Waals surface area contributed by atoms with E-state index in [4.69, 9.17) is 0 Å². The van der Waals surface area contributed by atoms with Gasteiger partial charge in [0.05, 0.1) is 39.4 Å². The van der Waals surface area contributed by atoms with Crippen molar-refractivity contribution in [2.75, 3.05) is 0 Å². The van der Waals surface area contributed by atoms with Crippen LogP contribution in [0.4, 0.5) is 0 Å². The summed E-state index contributed by atoms with van der Waals surface area (Å²) in [6.07, 6.45) is 0. The first-order chi connectivity index (χ1) is 10.8. The summed E-state index contributed by atoms with van der Waals surface area (Å²) in [5.74, 6) is 0. The molecule has 0 aliphatic carbocycles. The summed E-state index contributed by atoms with van der Waals surface area (Å²) in [7, 11) is 2.10. The summed E-state index contributed by atoms with van der Waals surface area (Å²) in [5, 5.41) is 11.4. The highest BCUT2D eigenvalue weighted by molar-refractivity contribution is 14.1. The quantitative estimate of drug-likeness (QED) is 0.362. The van der Waals surface area contributed by atoms with E-state index in [0.717, 1.165) is 32.8 Å². The van der Waals surface area contributed by atoms with E-state index in [2.05, 4.69) is 83.9 Å². The van der Waals surface area contributed by atoms with Crippen LogP contribution in [0.1, 0.15) is 0 Å². The van der Waals surface area contributed by atoms with Crippen molar-refractivity contribution in [2.45, 2.75) is 0 Å². The van der Waals surface area contributed by atoms with E-state index in [1.54, 1.807) is 0 Å². The van der Waals surface area contributed by atoms with Crippen LogP contribution in [0.5, 0.6) is 0 Å². The van der Waals surface area contributed by atoms with Gasteiger partial charge < -0.3 is 4.57 Å². The maximum atomic E-state index is 4.53. The number of para-hydroxylation sites is 2. The Balaban J connectivity index is 2.18. The molecule has 0 radical (unpaired) electrons. The molecule has 5 rings (SSSR count). The Labute approximate surface area is 139 Å². The first-order valence-electron chi connectivity index (χ1n) is 7.06. The molecule has 0 aliphatic rings. The molecular formula is C17H11IN4. The Morgan fingerprint density at radius 2 is 1.32 bits per heavy atom. The minimum absolute atomic E-state index is 0.961. The van der Waals surface area contributed by atoms with Gasteiger partial charge in [0, 0.05) is 17.8 Å². The fraction of sp³-hybridized carbons (Fsp3) is 0.0588. The lowest BCUT2D eigenvalue weighted by Gasteiger charge is -2.00. The molecule has 106 valence electrons. The van der Waals surface area contributed by atoms with Gasteiger partial charge in [0.15, 0.2) is 0 Å². The zero-order chi connectivity index (χ0) is 14.8. The van der Waals surface area contributed by atoms with E-state index in [1.807, 2.05) is 12.1 Å². The number of hydrogen-bond acceptors (Lipinski definition) is 2. The zero-order valence-corrected chi connectivity index (χ0v) is 13.9. The molecule has 3 aromatic heterocycles. The molecule has 3 heterocycles. The normalized spacial score (nSPS) is 12.1. The van der Waals surface area contributed by atoms with Crippen molar-refractivity contribution in [3.8, 4) is 0 Å². The van der Waals surface area contributed by atoms with Gasteiger partial charge in [-0.05, 0) is 12.1 Å². The molecule has 0 fully saturated rings. The van der Waals surface area contributed by atoms with Crippen molar-refractivity contribution >= 4 is 66.7 Å². The average molecular weight is 398 g/mol. The molecule has 0 aliphatic heterocycles. The van der Waals surface area contributed by atoms with Crippen molar-refractivity contribution in [3.63, 3.8) is 0 Å². The van der Waals surface area contributed by atoms with Crippen molar-refractivity contribution in [1.82, 2.24) is 17.5 Å². The molecule has 0 atom stereocenters. The Bertz CT molecular complexity index is 1100. The fourth-order valence-electron chi connectivity index (χ4n) is 3.34. The molecule has 0 amide bonds. The van der Waals surface area contributed by atoms with Crippen molar-refractivity contribution in [2.24, 2.45) is 7.05 Å². The van der Waals surface area contributed by atoms with Crippen LogP contribution in [0.2, 0.25) is 0 Å². The lowest BCUT2D eigenvalue weighted by atomic mass is 10.2. The first-order valence-corrected chi connectivity index (χ1v) is 8.03. The van der Waals surface area contributed by atoms with Crippen molar-refractivity contribution in [1.29, 1.82) is 0 Å². The largest absolute Gasteiger partial charge is 0.340 e. The number of rotatable bonds is 0. The van der Waals surface area contributed by atoms with Gasteiger partial charge in [0.1, 0.15) is 16.6 Å². The molecule has 0 saturated carbocycles. The molecule has 22 heavy (non-hydrogen) atoms. The van der Waals surface area contributed by atoms with E-state index in [0.29, 0.717) is 0 Å². The minimum Gasteiger partial charge on any atom is -0.340 e. The molecule has 4 nitrogen and oxygen atoms in total. The number of aromatic nitrogens is 4. The molecule has 0 spiro atoms. The van der Waals surface area contributed by atoms with Gasteiger partial charge in [-0.25, -0.2) is 0 Å². The lowest BCUT2D eigenvalue weighted by Crippen LogP contribution is -1.92. The van der Waals surface area contributed by atoms with Crippen molar-refractivity contribution in [3.05, 3.63) is 48.5 Å². The van der Waals surface area contributed by atoms with E-state index in [-0.39, 0.29) is 0 Å². The minimum atomic E-state index is 0.961. The molecular weight excluding hydrogens is 387 g/mol. The highest BCUT2D eigenvalue weighted by Crippen LogP contribution is 2.36. The molecule has 0 bridgehead atoms. The molecule has 0 N–H and O–H groups in total. The van der Waals surface area contributed by atoms with E-state index in [9.17, 15) is 0 Å². The first kappa shape index (κ1) is 12.4. The Morgan fingerprint density at radius 3 is 2.05 bits per heavy atom. The van der Waals surface area contributed by atoms with E-state index in [1.165, 1.54) is 11.0 Å². The third kappa shape index (κ3) is 1.37. The summed E-state index contributed by atoms with van der Waals surface area (Å²) >= 11 is 2.36. The predicted molar refractivity (Wildman–Crippen MR) is 98.4 cm³/mol. The lowest BCUT2D eigenvalue weighted by molar-refractivity contribution is 1.01. The van der Waals surface area contributed by atoms with Gasteiger partial charge in [0.2, 0.25) is 0 Å². The van der Waals surface area contributed by atoms with Gasteiger partial charge in [-0.3, -0.25) is 2.78 Å². The number of fused-ring (bicyclic) bond motifs is 7. The topological polar surface area (TPSA) is 35.6 Å². The molecule has 0 unspecified atom stereocenters. The van der Waals surface area contributed by atoms with E-state index >= 15 is 0 Å². The second kappa shape index (κ2) is 4.19. The van der Waals surface area contributed by atoms with Gasteiger partial charge in [-0.15, -0.1) is 10.2 Å². The van der Waals surface area contributed by atoms with Crippen LogP contribution in [0, 0.1) is 0 Å². The van der Waals surface area contributed by atoms with Gasteiger partial charge in [-0.2, -0.15) is 0 Å². The summed E-state index contributed by atoms with van der Waals surface area (Å²) in [4.78, 5) is 0. The number of aryl methyl sites for hydroxylation is 1. The van der Waals surface area contributed by atoms with Gasteiger partial charge in [0.25, 0.3) is 0 Å². The summed E-state index contributed by atoms with van der Waals surface area (Å²) < 4.78 is 4.41. The van der Waals surface area contributed by atoms with Crippen LogP contribution < -0.4 is 0 Å². The number of hydrogen-bond donors (Lipinski definition) is 0. The highest BCUT2D eigenvalue weighted by atomic mass is 127. The summed E-state index contributed by atoms with van der Waals surface area (Å²) in [6, 6.07) is 16.7. The Morgan fingerprint density at radius 1 is 0.773 bits per heavy atom. The van der Waals surface area contributed by atoms with Crippen molar-refractivity contribution < 1.29 is 0 Å². The fourth-order valence-corrected chi connectivity index (χ4v) is 4.22. The van der Waals surface area contributed by atoms with Crippen LogP contribution in [0.15, 0.2) is 48.5 Å². The van der Waals surface area contributed by atoms with Crippen LogP contribution in [0.3, 0.4) is 0 Å². The average Bonchev–Trinajstić information content (AvgIpc) is 3.02. The third-order valence-corrected chi connectivity index (χ3v) is 5.35. The molecule has 0 saturated heterocycles.